The van der Waals surface area contributed by atoms with Gasteiger partial charge in [-0.2, -0.15) is 0 Å². The highest BCUT2D eigenvalue weighted by Crippen LogP contribution is 2.18. The molecule has 0 bridgehead atoms. The zero-order valence-corrected chi connectivity index (χ0v) is 14.0. The summed E-state index contributed by atoms with van der Waals surface area (Å²) in [4.78, 5) is 22.5. The molecule has 0 aliphatic heterocycles. The Balaban J connectivity index is 1.72. The lowest BCUT2D eigenvalue weighted by Gasteiger charge is -2.09. The minimum atomic E-state index is -1.05. The fourth-order valence-electron chi connectivity index (χ4n) is 2.16. The van der Waals surface area contributed by atoms with E-state index >= 15 is 0 Å². The molecule has 0 radical (unpaired) electrons. The molecule has 0 fully saturated rings. The first-order chi connectivity index (χ1) is 12.0. The fourth-order valence-corrected chi connectivity index (χ4v) is 2.16. The third-order valence-electron chi connectivity index (χ3n) is 3.29. The monoisotopic (exact) mass is 343 g/mol. The van der Waals surface area contributed by atoms with Crippen LogP contribution in [0.4, 0.5) is 5.69 Å². The highest BCUT2D eigenvalue weighted by atomic mass is 16.5. The van der Waals surface area contributed by atoms with Crippen LogP contribution in [0.3, 0.4) is 0 Å². The molecular formula is C19H21NO5. The van der Waals surface area contributed by atoms with Crippen LogP contribution in [0.2, 0.25) is 0 Å². The van der Waals surface area contributed by atoms with E-state index in [1.807, 2.05) is 31.2 Å². The van der Waals surface area contributed by atoms with Crippen LogP contribution < -0.4 is 14.8 Å². The van der Waals surface area contributed by atoms with Gasteiger partial charge < -0.3 is 19.9 Å². The van der Waals surface area contributed by atoms with E-state index in [0.717, 1.165) is 11.3 Å². The lowest BCUT2D eigenvalue weighted by atomic mass is 10.2. The van der Waals surface area contributed by atoms with E-state index in [1.165, 1.54) is 0 Å². The van der Waals surface area contributed by atoms with Crippen LogP contribution in [-0.4, -0.2) is 30.2 Å². The van der Waals surface area contributed by atoms with Crippen molar-refractivity contribution in [2.24, 2.45) is 0 Å². The van der Waals surface area contributed by atoms with Crippen LogP contribution in [0.5, 0.6) is 11.5 Å². The van der Waals surface area contributed by atoms with Crippen molar-refractivity contribution < 1.29 is 24.2 Å². The molecule has 0 saturated heterocycles. The fraction of sp³-hybridized carbons (Fsp3) is 0.263. The van der Waals surface area contributed by atoms with Crippen LogP contribution in [0.15, 0.2) is 48.5 Å². The Hall–Kier alpha value is -3.02. The largest absolute Gasteiger partial charge is 0.494 e. The third kappa shape index (κ3) is 6.95. The Labute approximate surface area is 146 Å². The molecule has 2 N–H and O–H groups in total. The lowest BCUT2D eigenvalue weighted by molar-refractivity contribution is -0.139. The normalized spacial score (nSPS) is 10.1. The Morgan fingerprint density at radius 3 is 2.48 bits per heavy atom. The van der Waals surface area contributed by atoms with Gasteiger partial charge in [-0.05, 0) is 43.2 Å². The first-order valence-corrected chi connectivity index (χ1v) is 7.97. The smallest absolute Gasteiger partial charge is 0.341 e. The number of hydrogen-bond acceptors (Lipinski definition) is 4. The van der Waals surface area contributed by atoms with Gasteiger partial charge in [-0.1, -0.05) is 18.2 Å². The van der Waals surface area contributed by atoms with Crippen LogP contribution in [-0.2, 0) is 9.59 Å². The standard InChI is InChI=1S/C19H21NO5/c1-14-5-2-7-16(11-14)24-10-4-9-18(21)20-15-6-3-8-17(12-15)25-13-19(22)23/h2-3,5-8,11-12H,4,9-10,13H2,1H3,(H,20,21)(H,22,23). The SMILES string of the molecule is Cc1cccc(OCCCC(=O)Nc2cccc(OCC(=O)O)c2)c1. The van der Waals surface area contributed by atoms with E-state index in [1.54, 1.807) is 24.3 Å². The van der Waals surface area contributed by atoms with E-state index < -0.39 is 12.6 Å². The van der Waals surface area contributed by atoms with E-state index in [0.29, 0.717) is 30.9 Å². The van der Waals surface area contributed by atoms with Gasteiger partial charge in [-0.3, -0.25) is 4.79 Å². The number of carbonyl (C=O) groups excluding carboxylic acids is 1. The van der Waals surface area contributed by atoms with Crippen molar-refractivity contribution in [3.63, 3.8) is 0 Å². The number of carboxylic acid groups (broad SMARTS) is 1. The first kappa shape index (κ1) is 18.3. The van der Waals surface area contributed by atoms with Crippen LogP contribution in [0.25, 0.3) is 0 Å². The van der Waals surface area contributed by atoms with Crippen molar-refractivity contribution in [1.29, 1.82) is 0 Å². The van der Waals surface area contributed by atoms with Crippen LogP contribution in [0.1, 0.15) is 18.4 Å². The Bertz CT molecular complexity index is 729. The van der Waals surface area contributed by atoms with Crippen molar-refractivity contribution in [3.8, 4) is 11.5 Å². The molecule has 2 aromatic carbocycles. The molecule has 0 aliphatic rings. The van der Waals surface area contributed by atoms with Gasteiger partial charge in [0.25, 0.3) is 0 Å². The number of hydrogen-bond donors (Lipinski definition) is 2. The van der Waals surface area contributed by atoms with Gasteiger partial charge in [0.05, 0.1) is 6.61 Å². The number of ether oxygens (including phenoxy) is 2. The summed E-state index contributed by atoms with van der Waals surface area (Å²) in [6, 6.07) is 14.4. The molecule has 0 unspecified atom stereocenters. The van der Waals surface area contributed by atoms with E-state index in [-0.39, 0.29) is 5.91 Å². The molecular weight excluding hydrogens is 322 g/mol. The number of aryl methyl sites for hydroxylation is 1. The second-order valence-electron chi connectivity index (χ2n) is 5.53. The summed E-state index contributed by atoms with van der Waals surface area (Å²) < 4.78 is 10.7. The summed E-state index contributed by atoms with van der Waals surface area (Å²) >= 11 is 0. The quantitative estimate of drug-likeness (QED) is 0.683. The third-order valence-corrected chi connectivity index (χ3v) is 3.29. The van der Waals surface area contributed by atoms with Gasteiger partial charge >= 0.3 is 5.97 Å². The zero-order chi connectivity index (χ0) is 18.1. The Morgan fingerprint density at radius 2 is 1.76 bits per heavy atom. The van der Waals surface area contributed by atoms with Crippen LogP contribution >= 0.6 is 0 Å². The van der Waals surface area contributed by atoms with Gasteiger partial charge in [-0.25, -0.2) is 4.79 Å². The number of aliphatic carboxylic acids is 1. The topological polar surface area (TPSA) is 84.9 Å². The maximum Gasteiger partial charge on any atom is 0.341 e. The highest BCUT2D eigenvalue weighted by molar-refractivity contribution is 5.90. The average Bonchev–Trinajstić information content (AvgIpc) is 2.57. The maximum absolute atomic E-state index is 12.0. The molecule has 0 saturated carbocycles. The lowest BCUT2D eigenvalue weighted by Crippen LogP contribution is -2.13. The minimum Gasteiger partial charge on any atom is -0.494 e. The molecule has 2 rings (SSSR count). The minimum absolute atomic E-state index is 0.136. The highest BCUT2D eigenvalue weighted by Gasteiger charge is 2.05. The predicted molar refractivity (Wildman–Crippen MR) is 94.1 cm³/mol. The summed E-state index contributed by atoms with van der Waals surface area (Å²) in [6.07, 6.45) is 0.918. The van der Waals surface area contributed by atoms with Crippen molar-refractivity contribution in [1.82, 2.24) is 0 Å². The van der Waals surface area contributed by atoms with Gasteiger partial charge in [-0.15, -0.1) is 0 Å². The Kier molecular flexibility index (Phi) is 6.83. The molecule has 25 heavy (non-hydrogen) atoms. The molecule has 2 aromatic rings. The van der Waals surface area contributed by atoms with Crippen molar-refractivity contribution in [2.75, 3.05) is 18.5 Å². The number of carbonyl (C=O) groups is 2. The molecule has 0 aliphatic carbocycles. The molecule has 0 heterocycles. The molecule has 1 amide bonds. The van der Waals surface area contributed by atoms with Gasteiger partial charge in [0.1, 0.15) is 11.5 Å². The molecule has 132 valence electrons. The van der Waals surface area contributed by atoms with Gasteiger partial charge in [0.15, 0.2) is 6.61 Å². The van der Waals surface area contributed by atoms with Crippen LogP contribution in [0, 0.1) is 6.92 Å². The molecule has 0 atom stereocenters. The second-order valence-corrected chi connectivity index (χ2v) is 5.53. The summed E-state index contributed by atoms with van der Waals surface area (Å²) in [7, 11) is 0. The van der Waals surface area contributed by atoms with E-state index in [2.05, 4.69) is 5.32 Å². The first-order valence-electron chi connectivity index (χ1n) is 7.97. The zero-order valence-electron chi connectivity index (χ0n) is 14.0. The number of benzene rings is 2. The number of nitrogens with one attached hydrogen (secondary N) is 1. The number of rotatable bonds is 9. The summed E-state index contributed by atoms with van der Waals surface area (Å²) in [5.74, 6) is -0.00190. The van der Waals surface area contributed by atoms with E-state index in [9.17, 15) is 9.59 Å². The molecule has 0 spiro atoms. The van der Waals surface area contributed by atoms with Gasteiger partial charge in [0, 0.05) is 18.2 Å². The van der Waals surface area contributed by atoms with Crippen molar-refractivity contribution in [3.05, 3.63) is 54.1 Å². The molecule has 6 heteroatoms. The summed E-state index contributed by atoms with van der Waals surface area (Å²) in [5.41, 5.74) is 1.69. The molecule has 0 aromatic heterocycles. The number of anilines is 1. The van der Waals surface area contributed by atoms with E-state index in [4.69, 9.17) is 14.6 Å². The summed E-state index contributed by atoms with van der Waals surface area (Å²) in [6.45, 7) is 2.03. The van der Waals surface area contributed by atoms with Gasteiger partial charge in [0.2, 0.25) is 5.91 Å². The number of amides is 1. The molecule has 6 nitrogen and oxygen atoms in total. The average molecular weight is 343 g/mol. The number of carboxylic acids is 1. The Morgan fingerprint density at radius 1 is 1.04 bits per heavy atom. The summed E-state index contributed by atoms with van der Waals surface area (Å²) in [5, 5.41) is 11.4. The van der Waals surface area contributed by atoms with Crippen molar-refractivity contribution in [2.45, 2.75) is 19.8 Å². The maximum atomic E-state index is 12.0. The predicted octanol–water partition coefficient (Wildman–Crippen LogP) is 3.26. The van der Waals surface area contributed by atoms with Crippen molar-refractivity contribution >= 4 is 17.6 Å². The second kappa shape index (κ2) is 9.32.